The van der Waals surface area contributed by atoms with Crippen molar-refractivity contribution in [3.05, 3.63) is 171 Å². The highest BCUT2D eigenvalue weighted by Crippen LogP contribution is 2.37. The third-order valence-corrected chi connectivity index (χ3v) is 13.9. The van der Waals surface area contributed by atoms with E-state index in [4.69, 9.17) is 11.6 Å². The number of nitrogens with one attached hydrogen (secondary N) is 2. The van der Waals surface area contributed by atoms with Crippen LogP contribution in [0.2, 0.25) is 5.02 Å². The molecular formula is C52H55ClF3N7O2. The standard InChI is InChI=1S/C28H29F2N3O.C24H26ClFN4O/c29-22-11-7-20(8-12-22)25(21-9-13-23(30)14-10-21)4-3-17-32-18-15-24(16-19-32)33-27-6-2-1-5-26(27)31-28(33)34;25-18-1-6-23-21(15-18)22(16-30(23)20-4-2-19(26)3-5-20)17-7-10-28(11-8-17)13-14-29-12-9-27-24(29)31/h1-2,5-14,24-25H,3-4,15-19H2,(H,31,34);1-6,15-17H,7-14H2,(H,27,31). The highest BCUT2D eigenvalue weighted by atomic mass is 35.5. The Morgan fingerprint density at radius 3 is 1.92 bits per heavy atom. The highest BCUT2D eigenvalue weighted by Gasteiger charge is 2.27. The number of carbonyl (C=O) groups excluding carboxylic acids is 1. The zero-order valence-electron chi connectivity index (χ0n) is 36.5. The number of H-pyrrole nitrogens is 1. The number of carbonyl (C=O) groups is 1. The Labute approximate surface area is 382 Å². The number of hydrogen-bond donors (Lipinski definition) is 2. The van der Waals surface area contributed by atoms with Crippen LogP contribution < -0.4 is 11.0 Å². The minimum atomic E-state index is -0.251. The van der Waals surface area contributed by atoms with E-state index >= 15 is 0 Å². The molecule has 2 amide bonds. The molecule has 0 unspecified atom stereocenters. The van der Waals surface area contributed by atoms with Crippen molar-refractivity contribution in [2.75, 3.05) is 58.9 Å². The fourth-order valence-electron chi connectivity index (χ4n) is 10.1. The van der Waals surface area contributed by atoms with Gasteiger partial charge in [0.1, 0.15) is 17.5 Å². The molecule has 0 atom stereocenters. The molecule has 338 valence electrons. The molecular weight excluding hydrogens is 847 g/mol. The summed E-state index contributed by atoms with van der Waals surface area (Å²) in [5.74, 6) is -0.183. The third-order valence-electron chi connectivity index (χ3n) is 13.6. The quantitative estimate of drug-likeness (QED) is 0.128. The van der Waals surface area contributed by atoms with Crippen molar-refractivity contribution in [2.45, 2.75) is 56.4 Å². The van der Waals surface area contributed by atoms with E-state index in [1.165, 1.54) is 47.3 Å². The van der Waals surface area contributed by atoms with Crippen molar-refractivity contribution < 1.29 is 18.0 Å². The summed E-state index contributed by atoms with van der Waals surface area (Å²) in [6, 6.07) is 34.0. The van der Waals surface area contributed by atoms with Gasteiger partial charge in [0.05, 0.1) is 16.6 Å². The van der Waals surface area contributed by atoms with Gasteiger partial charge in [0.15, 0.2) is 0 Å². The molecule has 0 spiro atoms. The monoisotopic (exact) mass is 901 g/mol. The predicted molar refractivity (Wildman–Crippen MR) is 253 cm³/mol. The number of rotatable bonds is 12. The molecule has 7 aromatic rings. The number of aromatic amines is 1. The van der Waals surface area contributed by atoms with Gasteiger partial charge in [-0.05, 0) is 160 Å². The number of fused-ring (bicyclic) bond motifs is 2. The molecule has 3 aliphatic heterocycles. The summed E-state index contributed by atoms with van der Waals surface area (Å²) in [5, 5.41) is 4.76. The molecule has 5 aromatic carbocycles. The van der Waals surface area contributed by atoms with Crippen LogP contribution in [0.15, 0.2) is 126 Å². The molecule has 3 aliphatic rings. The van der Waals surface area contributed by atoms with Crippen molar-refractivity contribution in [1.82, 2.24) is 34.1 Å². The zero-order chi connectivity index (χ0) is 44.9. The second kappa shape index (κ2) is 20.1. The fourth-order valence-corrected chi connectivity index (χ4v) is 10.3. The van der Waals surface area contributed by atoms with E-state index in [1.54, 1.807) is 0 Å². The molecule has 3 saturated heterocycles. The van der Waals surface area contributed by atoms with Gasteiger partial charge >= 0.3 is 11.7 Å². The Balaban J connectivity index is 0.000000165. The summed E-state index contributed by atoms with van der Waals surface area (Å²) in [6.07, 6.45) is 8.12. The van der Waals surface area contributed by atoms with Gasteiger partial charge in [-0.1, -0.05) is 48.0 Å². The van der Waals surface area contributed by atoms with Crippen molar-refractivity contribution in [3.63, 3.8) is 0 Å². The van der Waals surface area contributed by atoms with Gasteiger partial charge in [-0.25, -0.2) is 22.8 Å². The lowest BCUT2D eigenvalue weighted by Crippen LogP contribution is -2.40. The largest absolute Gasteiger partial charge is 0.336 e. The summed E-state index contributed by atoms with van der Waals surface area (Å²) in [6.45, 7) is 8.17. The number of halogens is 4. The summed E-state index contributed by atoms with van der Waals surface area (Å²) < 4.78 is 44.4. The van der Waals surface area contributed by atoms with Gasteiger partial charge in [-0.15, -0.1) is 0 Å². The van der Waals surface area contributed by atoms with Crippen LogP contribution in [0.5, 0.6) is 0 Å². The van der Waals surface area contributed by atoms with E-state index in [1.807, 2.05) is 88.3 Å². The van der Waals surface area contributed by atoms with Crippen LogP contribution in [0.3, 0.4) is 0 Å². The number of hydrogen-bond acceptors (Lipinski definition) is 4. The molecule has 5 heterocycles. The molecule has 2 aromatic heterocycles. The number of piperidine rings is 2. The van der Waals surface area contributed by atoms with Crippen LogP contribution in [-0.4, -0.2) is 93.8 Å². The molecule has 9 nitrogen and oxygen atoms in total. The van der Waals surface area contributed by atoms with E-state index in [0.29, 0.717) is 5.92 Å². The smallest absolute Gasteiger partial charge is 0.326 e. The topological polar surface area (TPSA) is 81.5 Å². The van der Waals surface area contributed by atoms with Crippen molar-refractivity contribution in [1.29, 1.82) is 0 Å². The van der Waals surface area contributed by atoms with E-state index in [2.05, 4.69) is 30.9 Å². The Morgan fingerprint density at radius 1 is 0.662 bits per heavy atom. The van der Waals surface area contributed by atoms with Crippen LogP contribution in [0.1, 0.15) is 73.1 Å². The van der Waals surface area contributed by atoms with Gasteiger partial charge in [0, 0.05) is 73.5 Å². The molecule has 2 N–H and O–H groups in total. The normalized spacial score (nSPS) is 16.7. The number of imidazole rings is 1. The molecule has 10 rings (SSSR count). The minimum absolute atomic E-state index is 0.0268. The Hall–Kier alpha value is -5.82. The number of nitrogens with zero attached hydrogens (tertiary/aromatic N) is 5. The number of aromatic nitrogens is 3. The van der Waals surface area contributed by atoms with Gasteiger partial charge in [0.2, 0.25) is 0 Å². The summed E-state index contributed by atoms with van der Waals surface area (Å²) >= 11 is 6.34. The first-order valence-electron chi connectivity index (χ1n) is 22.9. The second-order valence-corrected chi connectivity index (χ2v) is 18.1. The summed E-state index contributed by atoms with van der Waals surface area (Å²) in [4.78, 5) is 34.0. The first-order chi connectivity index (χ1) is 31.7. The Morgan fingerprint density at radius 2 is 1.28 bits per heavy atom. The maximum Gasteiger partial charge on any atom is 0.326 e. The van der Waals surface area contributed by atoms with Gasteiger partial charge in [-0.2, -0.15) is 0 Å². The second-order valence-electron chi connectivity index (χ2n) is 17.6. The van der Waals surface area contributed by atoms with E-state index in [9.17, 15) is 22.8 Å². The molecule has 3 fully saturated rings. The highest BCUT2D eigenvalue weighted by molar-refractivity contribution is 6.31. The Bertz CT molecular complexity index is 2710. The first-order valence-corrected chi connectivity index (χ1v) is 23.3. The van der Waals surface area contributed by atoms with Crippen LogP contribution in [-0.2, 0) is 0 Å². The van der Waals surface area contributed by atoms with Gasteiger partial charge in [-0.3, -0.25) is 4.57 Å². The van der Waals surface area contributed by atoms with E-state index in [0.717, 1.165) is 136 Å². The molecule has 13 heteroatoms. The van der Waals surface area contributed by atoms with Gasteiger partial charge < -0.3 is 29.6 Å². The number of benzene rings is 5. The number of amides is 2. The molecule has 65 heavy (non-hydrogen) atoms. The molecule has 0 radical (unpaired) electrons. The molecule has 0 bridgehead atoms. The maximum atomic E-state index is 13.5. The van der Waals surface area contributed by atoms with Crippen molar-refractivity contribution in [3.8, 4) is 5.69 Å². The first kappa shape index (κ1) is 44.4. The molecule has 0 saturated carbocycles. The zero-order valence-corrected chi connectivity index (χ0v) is 37.2. The lowest BCUT2D eigenvalue weighted by Gasteiger charge is -2.32. The van der Waals surface area contributed by atoms with Crippen LogP contribution >= 0.6 is 11.6 Å². The maximum absolute atomic E-state index is 13.5. The van der Waals surface area contributed by atoms with Crippen LogP contribution in [0, 0.1) is 17.5 Å². The molecule has 0 aliphatic carbocycles. The Kier molecular flexibility index (Phi) is 13.8. The van der Waals surface area contributed by atoms with Crippen molar-refractivity contribution >= 4 is 39.6 Å². The average molecular weight is 903 g/mol. The summed E-state index contributed by atoms with van der Waals surface area (Å²) in [7, 11) is 0. The summed E-state index contributed by atoms with van der Waals surface area (Å²) in [5.41, 5.74) is 7.28. The van der Waals surface area contributed by atoms with Crippen LogP contribution in [0.4, 0.5) is 18.0 Å². The lowest BCUT2D eigenvalue weighted by molar-refractivity contribution is 0.181. The fraction of sp³-hybridized carbons (Fsp3) is 0.346. The van der Waals surface area contributed by atoms with Crippen LogP contribution in [0.25, 0.3) is 27.6 Å². The number of likely N-dealkylation sites (tertiary alicyclic amines) is 2. The number of urea groups is 1. The third kappa shape index (κ3) is 10.4. The minimum Gasteiger partial charge on any atom is -0.336 e. The SMILES string of the molecule is O=C1NCCN1CCN1CCC(c2cn(-c3ccc(F)cc3)c3ccc(Cl)cc23)CC1.O=c1[nH]c2ccccc2n1C1CCN(CCCC(c2ccc(F)cc2)c2ccc(F)cc2)CC1. The van der Waals surface area contributed by atoms with E-state index < -0.39 is 0 Å². The van der Waals surface area contributed by atoms with Crippen molar-refractivity contribution in [2.24, 2.45) is 0 Å². The number of para-hydroxylation sites is 2. The average Bonchev–Trinajstić information content (AvgIpc) is 4.02. The van der Waals surface area contributed by atoms with E-state index in [-0.39, 0.29) is 41.1 Å². The lowest BCUT2D eigenvalue weighted by atomic mass is 9.87. The van der Waals surface area contributed by atoms with Gasteiger partial charge in [0.25, 0.3) is 0 Å². The predicted octanol–water partition coefficient (Wildman–Crippen LogP) is 10.5.